The van der Waals surface area contributed by atoms with Gasteiger partial charge in [-0.1, -0.05) is 6.07 Å². The molecule has 148 valence electrons. The molecule has 0 unspecified atom stereocenters. The highest BCUT2D eigenvalue weighted by Gasteiger charge is 2.17. The van der Waals surface area contributed by atoms with Crippen molar-refractivity contribution >= 4 is 0 Å². The molecule has 0 bridgehead atoms. The summed E-state index contributed by atoms with van der Waals surface area (Å²) in [6.45, 7) is 9.41. The number of rotatable bonds is 10. The Hall–Kier alpha value is -1.12. The second-order valence-corrected chi connectivity index (χ2v) is 6.96. The third-order valence-electron chi connectivity index (χ3n) is 4.34. The van der Waals surface area contributed by atoms with E-state index < -0.39 is 17.7 Å². The summed E-state index contributed by atoms with van der Waals surface area (Å²) in [4.78, 5) is 4.27. The summed E-state index contributed by atoms with van der Waals surface area (Å²) < 4.78 is 38.0. The fourth-order valence-electron chi connectivity index (χ4n) is 2.89. The van der Waals surface area contributed by atoms with Crippen LogP contribution >= 0.6 is 0 Å². The smallest absolute Gasteiger partial charge is 0.130 e. The first kappa shape index (κ1) is 21.2. The second-order valence-electron chi connectivity index (χ2n) is 6.96. The number of halogens is 2. The van der Waals surface area contributed by atoms with Crippen molar-refractivity contribution in [3.05, 3.63) is 35.4 Å². The van der Waals surface area contributed by atoms with E-state index in [1.165, 1.54) is 12.1 Å². The molecule has 26 heavy (non-hydrogen) atoms. The Balaban J connectivity index is 1.94. The number of aliphatic hydroxyl groups excluding tert-OH is 1. The van der Waals surface area contributed by atoms with Gasteiger partial charge in [0.15, 0.2) is 0 Å². The molecule has 1 aliphatic heterocycles. The Morgan fingerprint density at radius 3 is 2.65 bits per heavy atom. The van der Waals surface area contributed by atoms with Crippen LogP contribution in [0.5, 0.6) is 0 Å². The van der Waals surface area contributed by atoms with Crippen molar-refractivity contribution in [3.63, 3.8) is 0 Å². The van der Waals surface area contributed by atoms with Crippen LogP contribution in [0.25, 0.3) is 0 Å². The molecular formula is C19H30F2N2O3. The number of hydrogen-bond acceptors (Lipinski definition) is 5. The van der Waals surface area contributed by atoms with Crippen molar-refractivity contribution in [2.24, 2.45) is 0 Å². The Morgan fingerprint density at radius 2 is 2.00 bits per heavy atom. The van der Waals surface area contributed by atoms with Crippen molar-refractivity contribution in [1.29, 1.82) is 0 Å². The van der Waals surface area contributed by atoms with Gasteiger partial charge in [0.1, 0.15) is 11.6 Å². The van der Waals surface area contributed by atoms with Gasteiger partial charge in [0.2, 0.25) is 0 Å². The number of nitrogens with zero attached hydrogens (tertiary/aromatic N) is 2. The topological polar surface area (TPSA) is 45.2 Å². The lowest BCUT2D eigenvalue weighted by atomic mass is 10.2. The lowest BCUT2D eigenvalue weighted by Crippen LogP contribution is -2.43. The molecule has 1 aromatic rings. The molecule has 1 aromatic carbocycles. The minimum Gasteiger partial charge on any atom is -0.389 e. The summed E-state index contributed by atoms with van der Waals surface area (Å²) in [5.74, 6) is -1.15. The number of morpholine rings is 1. The van der Waals surface area contributed by atoms with E-state index in [1.54, 1.807) is 0 Å². The quantitative estimate of drug-likeness (QED) is 0.680. The van der Waals surface area contributed by atoms with E-state index in [9.17, 15) is 13.9 Å². The molecule has 0 aliphatic carbocycles. The summed E-state index contributed by atoms with van der Waals surface area (Å²) in [6.07, 6.45) is -0.619. The minimum atomic E-state index is -0.661. The maximum atomic E-state index is 14.0. The molecule has 2 rings (SSSR count). The Labute approximate surface area is 154 Å². The molecule has 0 amide bonds. The van der Waals surface area contributed by atoms with Crippen LogP contribution in [-0.4, -0.2) is 79.7 Å². The zero-order valence-electron chi connectivity index (χ0n) is 15.7. The molecule has 1 fully saturated rings. The second kappa shape index (κ2) is 10.9. The van der Waals surface area contributed by atoms with Gasteiger partial charge in [-0.15, -0.1) is 0 Å². The first-order valence-corrected chi connectivity index (χ1v) is 9.20. The molecule has 0 aromatic heterocycles. The fourth-order valence-corrected chi connectivity index (χ4v) is 2.89. The van der Waals surface area contributed by atoms with E-state index in [1.807, 2.05) is 18.7 Å². The maximum Gasteiger partial charge on any atom is 0.130 e. The fraction of sp³-hybridized carbons (Fsp3) is 0.684. The molecule has 1 atom stereocenters. The summed E-state index contributed by atoms with van der Waals surface area (Å²) in [5.41, 5.74) is 0.422. The van der Waals surface area contributed by atoms with Crippen LogP contribution in [0.2, 0.25) is 0 Å². The van der Waals surface area contributed by atoms with E-state index in [2.05, 4.69) is 4.90 Å². The van der Waals surface area contributed by atoms with Gasteiger partial charge in [-0.25, -0.2) is 8.78 Å². The van der Waals surface area contributed by atoms with Gasteiger partial charge < -0.3 is 14.6 Å². The average molecular weight is 372 g/mol. The van der Waals surface area contributed by atoms with Crippen LogP contribution in [0.4, 0.5) is 8.78 Å². The van der Waals surface area contributed by atoms with E-state index in [0.717, 1.165) is 38.9 Å². The lowest BCUT2D eigenvalue weighted by molar-refractivity contribution is -0.0130. The first-order chi connectivity index (χ1) is 12.4. The minimum absolute atomic E-state index is 0.0426. The van der Waals surface area contributed by atoms with Crippen molar-refractivity contribution in [2.75, 3.05) is 52.5 Å². The number of ether oxygens (including phenoxy) is 2. The molecule has 1 aliphatic rings. The highest BCUT2D eigenvalue weighted by molar-refractivity contribution is 5.18. The first-order valence-electron chi connectivity index (χ1n) is 9.20. The largest absolute Gasteiger partial charge is 0.389 e. The molecule has 7 heteroatoms. The van der Waals surface area contributed by atoms with Gasteiger partial charge in [-0.3, -0.25) is 9.80 Å². The molecule has 0 saturated carbocycles. The third kappa shape index (κ3) is 7.63. The van der Waals surface area contributed by atoms with E-state index in [-0.39, 0.29) is 12.7 Å². The number of hydrogen-bond donors (Lipinski definition) is 1. The normalized spacial score (nSPS) is 17.2. The van der Waals surface area contributed by atoms with Gasteiger partial charge in [0.05, 0.1) is 32.0 Å². The zero-order chi connectivity index (χ0) is 18.9. The summed E-state index contributed by atoms with van der Waals surface area (Å²) >= 11 is 0. The van der Waals surface area contributed by atoms with Crippen molar-refractivity contribution in [2.45, 2.75) is 32.6 Å². The van der Waals surface area contributed by atoms with E-state index >= 15 is 0 Å². The highest BCUT2D eigenvalue weighted by Crippen LogP contribution is 2.13. The van der Waals surface area contributed by atoms with Crippen molar-refractivity contribution in [1.82, 2.24) is 9.80 Å². The van der Waals surface area contributed by atoms with Gasteiger partial charge in [0.25, 0.3) is 0 Å². The zero-order valence-corrected chi connectivity index (χ0v) is 15.7. The number of benzene rings is 1. The molecule has 0 radical (unpaired) electrons. The van der Waals surface area contributed by atoms with Crippen LogP contribution in [-0.2, 0) is 16.0 Å². The van der Waals surface area contributed by atoms with E-state index in [4.69, 9.17) is 9.47 Å². The average Bonchev–Trinajstić information content (AvgIpc) is 2.61. The van der Waals surface area contributed by atoms with Gasteiger partial charge in [-0.2, -0.15) is 0 Å². The molecule has 1 heterocycles. The van der Waals surface area contributed by atoms with Crippen molar-refractivity contribution < 1.29 is 23.4 Å². The van der Waals surface area contributed by atoms with E-state index in [0.29, 0.717) is 25.2 Å². The van der Waals surface area contributed by atoms with Crippen molar-refractivity contribution in [3.8, 4) is 0 Å². The Morgan fingerprint density at radius 1 is 1.27 bits per heavy atom. The van der Waals surface area contributed by atoms with Crippen LogP contribution in [0.3, 0.4) is 0 Å². The Kier molecular flexibility index (Phi) is 8.87. The standard InChI is InChI=1S/C19H30F2N2O3/c1-15(2)26-14-18(24)13-23(6-5-22-7-9-25-10-8-22)12-16-3-4-17(20)11-19(16)21/h3-4,11,15,18,24H,5-10,12-14H2,1-2H3/t18-/m1/s1. The predicted molar refractivity (Wildman–Crippen MR) is 96.0 cm³/mol. The summed E-state index contributed by atoms with van der Waals surface area (Å²) in [6, 6.07) is 3.62. The van der Waals surface area contributed by atoms with Crippen LogP contribution in [0, 0.1) is 11.6 Å². The summed E-state index contributed by atoms with van der Waals surface area (Å²) in [7, 11) is 0. The highest BCUT2D eigenvalue weighted by atomic mass is 19.1. The molecular weight excluding hydrogens is 342 g/mol. The monoisotopic (exact) mass is 372 g/mol. The van der Waals surface area contributed by atoms with Crippen LogP contribution < -0.4 is 0 Å². The molecule has 1 N–H and O–H groups in total. The third-order valence-corrected chi connectivity index (χ3v) is 4.34. The maximum absolute atomic E-state index is 14.0. The lowest BCUT2D eigenvalue weighted by Gasteiger charge is -2.31. The predicted octanol–water partition coefficient (Wildman–Crippen LogP) is 1.88. The van der Waals surface area contributed by atoms with Crippen LogP contribution in [0.1, 0.15) is 19.4 Å². The summed E-state index contributed by atoms with van der Waals surface area (Å²) in [5, 5.41) is 10.2. The molecule has 5 nitrogen and oxygen atoms in total. The SMILES string of the molecule is CC(C)OC[C@H](O)CN(CCN1CCOCC1)Cc1ccc(F)cc1F. The van der Waals surface area contributed by atoms with Gasteiger partial charge >= 0.3 is 0 Å². The molecule has 1 saturated heterocycles. The Bertz CT molecular complexity index is 540. The van der Waals surface area contributed by atoms with Gasteiger partial charge in [-0.05, 0) is 19.9 Å². The number of aliphatic hydroxyl groups is 1. The van der Waals surface area contributed by atoms with Crippen LogP contribution in [0.15, 0.2) is 18.2 Å². The molecule has 0 spiro atoms. The van der Waals surface area contributed by atoms with Gasteiger partial charge in [0, 0.05) is 50.9 Å².